The van der Waals surface area contributed by atoms with Gasteiger partial charge in [-0.3, -0.25) is 4.90 Å². The second-order valence-electron chi connectivity index (χ2n) is 9.19. The number of esters is 1. The van der Waals surface area contributed by atoms with Gasteiger partial charge >= 0.3 is 5.97 Å². The van der Waals surface area contributed by atoms with E-state index in [1.54, 1.807) is 24.3 Å². The molecule has 3 N–H and O–H groups in total. The van der Waals surface area contributed by atoms with Gasteiger partial charge in [-0.05, 0) is 72.8 Å². The molecule has 36 heavy (non-hydrogen) atoms. The van der Waals surface area contributed by atoms with Crippen LogP contribution in [0, 0.1) is 5.92 Å². The Hall–Kier alpha value is -3.04. The van der Waals surface area contributed by atoms with Crippen LogP contribution in [0.2, 0.25) is 0 Å². The van der Waals surface area contributed by atoms with E-state index in [-0.39, 0.29) is 22.3 Å². The smallest absolute Gasteiger partial charge is 0.343 e. The summed E-state index contributed by atoms with van der Waals surface area (Å²) in [5.74, 6) is -0.127. The molecule has 1 heterocycles. The molecule has 0 aliphatic carbocycles. The SMILES string of the molecule is NCc1ccc(C(=O)Oc2ccc(S(=O)(=O)CCN3CCC(Cc4ccccc4)[C@H](O)C3)cc2)cc1. The van der Waals surface area contributed by atoms with Gasteiger partial charge in [-0.1, -0.05) is 42.5 Å². The van der Waals surface area contributed by atoms with Gasteiger partial charge in [-0.2, -0.15) is 0 Å². The van der Waals surface area contributed by atoms with Crippen LogP contribution in [0.3, 0.4) is 0 Å². The molecule has 0 amide bonds. The van der Waals surface area contributed by atoms with Gasteiger partial charge in [0.05, 0.1) is 22.3 Å². The number of aliphatic hydroxyl groups excluding tert-OH is 1. The van der Waals surface area contributed by atoms with Crippen molar-refractivity contribution in [3.8, 4) is 5.75 Å². The van der Waals surface area contributed by atoms with Gasteiger partial charge in [-0.25, -0.2) is 13.2 Å². The number of benzene rings is 3. The van der Waals surface area contributed by atoms with Gasteiger partial charge in [0.2, 0.25) is 0 Å². The molecule has 1 aliphatic rings. The number of rotatable bonds is 9. The number of aliphatic hydroxyl groups is 1. The number of hydrogen-bond donors (Lipinski definition) is 2. The summed E-state index contributed by atoms with van der Waals surface area (Å²) in [6.45, 7) is 1.96. The van der Waals surface area contributed by atoms with E-state index >= 15 is 0 Å². The number of carbonyl (C=O) groups excluding carboxylic acids is 1. The maximum Gasteiger partial charge on any atom is 0.343 e. The van der Waals surface area contributed by atoms with Gasteiger partial charge in [0, 0.05) is 19.6 Å². The first-order valence-electron chi connectivity index (χ1n) is 12.1. The highest BCUT2D eigenvalue weighted by molar-refractivity contribution is 7.91. The first-order valence-corrected chi connectivity index (χ1v) is 13.8. The van der Waals surface area contributed by atoms with Crippen molar-refractivity contribution in [2.24, 2.45) is 11.7 Å². The lowest BCUT2D eigenvalue weighted by molar-refractivity contribution is 0.0245. The third-order valence-electron chi connectivity index (χ3n) is 6.64. The quantitative estimate of drug-likeness (QED) is 0.338. The van der Waals surface area contributed by atoms with Crippen LogP contribution in [0.4, 0.5) is 0 Å². The molecule has 0 spiro atoms. The summed E-state index contributed by atoms with van der Waals surface area (Å²) in [6, 6.07) is 22.8. The number of likely N-dealkylation sites (tertiary alicyclic amines) is 1. The normalized spacial score (nSPS) is 18.6. The standard InChI is InChI=1S/C28H32N2O5S/c29-19-22-6-8-23(9-7-22)28(32)35-25-10-12-26(13-11-25)36(33,34)17-16-30-15-14-24(27(31)20-30)18-21-4-2-1-3-5-21/h1-13,24,27,31H,14-20,29H2/t24?,27-/m1/s1. The van der Waals surface area contributed by atoms with E-state index in [2.05, 4.69) is 12.1 Å². The predicted molar refractivity (Wildman–Crippen MR) is 138 cm³/mol. The zero-order valence-electron chi connectivity index (χ0n) is 20.1. The molecule has 0 radical (unpaired) electrons. The van der Waals surface area contributed by atoms with Gasteiger partial charge in [0.15, 0.2) is 9.84 Å². The van der Waals surface area contributed by atoms with Crippen LogP contribution in [0.15, 0.2) is 83.8 Å². The zero-order chi connectivity index (χ0) is 25.5. The second-order valence-corrected chi connectivity index (χ2v) is 11.3. The number of nitrogens with zero attached hydrogens (tertiary/aromatic N) is 1. The lowest BCUT2D eigenvalue weighted by Crippen LogP contribution is -2.46. The summed E-state index contributed by atoms with van der Waals surface area (Å²) in [4.78, 5) is 14.5. The van der Waals surface area contributed by atoms with E-state index < -0.39 is 21.9 Å². The molecule has 8 heteroatoms. The summed E-state index contributed by atoms with van der Waals surface area (Å²) < 4.78 is 31.1. The van der Waals surface area contributed by atoms with Crippen LogP contribution >= 0.6 is 0 Å². The van der Waals surface area contributed by atoms with E-state index in [9.17, 15) is 18.3 Å². The molecule has 1 aliphatic heterocycles. The zero-order valence-corrected chi connectivity index (χ0v) is 20.9. The van der Waals surface area contributed by atoms with Crippen LogP contribution in [0.1, 0.15) is 27.9 Å². The highest BCUT2D eigenvalue weighted by atomic mass is 32.2. The third-order valence-corrected chi connectivity index (χ3v) is 8.35. The molecule has 3 aromatic rings. The van der Waals surface area contributed by atoms with E-state index in [1.807, 2.05) is 23.1 Å². The maximum absolute atomic E-state index is 12.9. The van der Waals surface area contributed by atoms with E-state index in [0.717, 1.165) is 24.9 Å². The first kappa shape index (κ1) is 26.0. The predicted octanol–water partition coefficient (Wildman–Crippen LogP) is 3.06. The molecule has 1 fully saturated rings. The van der Waals surface area contributed by atoms with Crippen molar-refractivity contribution in [2.75, 3.05) is 25.4 Å². The molecular formula is C28H32N2O5S. The molecule has 0 aromatic heterocycles. The Morgan fingerprint density at radius 3 is 2.31 bits per heavy atom. The van der Waals surface area contributed by atoms with Gasteiger partial charge in [0.25, 0.3) is 0 Å². The molecule has 1 saturated heterocycles. The minimum Gasteiger partial charge on any atom is -0.423 e. The Kier molecular flexibility index (Phi) is 8.53. The number of sulfone groups is 1. The van der Waals surface area contributed by atoms with Crippen molar-refractivity contribution >= 4 is 15.8 Å². The number of carbonyl (C=O) groups is 1. The van der Waals surface area contributed by atoms with Crippen LogP contribution in [-0.2, 0) is 22.8 Å². The molecule has 1 unspecified atom stereocenters. The molecule has 7 nitrogen and oxygen atoms in total. The summed E-state index contributed by atoms with van der Waals surface area (Å²) in [7, 11) is -3.52. The van der Waals surface area contributed by atoms with Gasteiger partial charge < -0.3 is 15.6 Å². The fourth-order valence-corrected chi connectivity index (χ4v) is 5.71. The monoisotopic (exact) mass is 508 g/mol. The van der Waals surface area contributed by atoms with E-state index in [0.29, 0.717) is 25.2 Å². The number of piperidine rings is 1. The Morgan fingerprint density at radius 2 is 1.67 bits per heavy atom. The fraction of sp³-hybridized carbons (Fsp3) is 0.321. The van der Waals surface area contributed by atoms with Crippen molar-refractivity contribution < 1.29 is 23.1 Å². The van der Waals surface area contributed by atoms with Crippen molar-refractivity contribution in [3.63, 3.8) is 0 Å². The minimum atomic E-state index is -3.52. The Labute approximate surface area is 212 Å². The van der Waals surface area contributed by atoms with Crippen LogP contribution in [0.5, 0.6) is 5.75 Å². The fourth-order valence-electron chi connectivity index (χ4n) is 4.43. The summed E-state index contributed by atoms with van der Waals surface area (Å²) >= 11 is 0. The number of ether oxygens (including phenoxy) is 1. The van der Waals surface area contributed by atoms with Crippen molar-refractivity contribution in [1.29, 1.82) is 0 Å². The second kappa shape index (κ2) is 11.8. The molecule has 4 rings (SSSR count). The first-order chi connectivity index (χ1) is 17.3. The van der Waals surface area contributed by atoms with Crippen LogP contribution in [0.25, 0.3) is 0 Å². The van der Waals surface area contributed by atoms with Crippen molar-refractivity contribution in [2.45, 2.75) is 30.4 Å². The molecule has 3 aromatic carbocycles. The van der Waals surface area contributed by atoms with E-state index in [4.69, 9.17) is 10.5 Å². The Morgan fingerprint density at radius 1 is 0.972 bits per heavy atom. The lowest BCUT2D eigenvalue weighted by atomic mass is 9.88. The molecule has 0 bridgehead atoms. The minimum absolute atomic E-state index is 0.0459. The highest BCUT2D eigenvalue weighted by Crippen LogP contribution is 2.23. The van der Waals surface area contributed by atoms with Crippen molar-refractivity contribution in [3.05, 3.63) is 95.6 Å². The third kappa shape index (κ3) is 6.79. The average Bonchev–Trinajstić information content (AvgIpc) is 2.90. The van der Waals surface area contributed by atoms with Gasteiger partial charge in [-0.15, -0.1) is 0 Å². The summed E-state index contributed by atoms with van der Waals surface area (Å²) in [5, 5.41) is 10.6. The highest BCUT2D eigenvalue weighted by Gasteiger charge is 2.28. The topological polar surface area (TPSA) is 110 Å². The molecule has 2 atom stereocenters. The molecule has 190 valence electrons. The van der Waals surface area contributed by atoms with E-state index in [1.165, 1.54) is 29.8 Å². The lowest BCUT2D eigenvalue weighted by Gasteiger charge is -2.36. The summed E-state index contributed by atoms with van der Waals surface area (Å²) in [6.07, 6.45) is 1.16. The average molecular weight is 509 g/mol. The maximum atomic E-state index is 12.9. The Bertz CT molecular complexity index is 1250. The van der Waals surface area contributed by atoms with Crippen molar-refractivity contribution in [1.82, 2.24) is 4.90 Å². The van der Waals surface area contributed by atoms with Crippen LogP contribution < -0.4 is 10.5 Å². The Balaban J connectivity index is 1.28. The van der Waals surface area contributed by atoms with Gasteiger partial charge in [0.1, 0.15) is 5.75 Å². The largest absolute Gasteiger partial charge is 0.423 e. The van der Waals surface area contributed by atoms with Crippen LogP contribution in [-0.4, -0.2) is 55.9 Å². The number of nitrogens with two attached hydrogens (primary N) is 1. The number of hydrogen-bond acceptors (Lipinski definition) is 7. The molecule has 0 saturated carbocycles. The molecular weight excluding hydrogens is 476 g/mol. The number of β-amino-alcohol motifs (C(OH)–C–C–N with tert-alkyl or cyclic N) is 1. The summed E-state index contributed by atoms with van der Waals surface area (Å²) in [5.41, 5.74) is 8.07.